The van der Waals surface area contributed by atoms with E-state index < -0.39 is 7.25 Å². The molecule has 0 aliphatic carbocycles. The molecule has 186 valence electrons. The Morgan fingerprint density at radius 2 is 0.939 bits per heavy atom. The van der Waals surface area contributed by atoms with E-state index in [1.807, 2.05) is 0 Å². The van der Waals surface area contributed by atoms with Crippen molar-refractivity contribution in [3.05, 3.63) is 45.4 Å². The first-order valence-electron chi connectivity index (χ1n) is 12.1. The summed E-state index contributed by atoms with van der Waals surface area (Å²) >= 11 is 1.63. The van der Waals surface area contributed by atoms with Gasteiger partial charge in [0.15, 0.2) is 0 Å². The van der Waals surface area contributed by atoms with Gasteiger partial charge in [0.1, 0.15) is 0 Å². The number of rotatable bonds is 1. The van der Waals surface area contributed by atoms with E-state index in [1.54, 1.807) is 11.3 Å². The molecule has 0 spiro atoms. The zero-order valence-electron chi connectivity index (χ0n) is 24.1. The van der Waals surface area contributed by atoms with Crippen LogP contribution >= 0.6 is 11.3 Å². The normalized spacial score (nSPS) is 14.3. The van der Waals surface area contributed by atoms with Gasteiger partial charge in [0.2, 0.25) is 21.1 Å². The molecular formula is C26H40BF4NS. The van der Waals surface area contributed by atoms with Crippen LogP contribution in [0.3, 0.4) is 0 Å². The molecule has 0 atom stereocenters. The summed E-state index contributed by atoms with van der Waals surface area (Å²) in [4.78, 5) is 7.05. The molecule has 0 saturated carbocycles. The van der Waals surface area contributed by atoms with Gasteiger partial charge < -0.3 is 17.3 Å². The maximum Gasteiger partial charge on any atom is 0.673 e. The van der Waals surface area contributed by atoms with Gasteiger partial charge in [0, 0.05) is 45.1 Å². The van der Waals surface area contributed by atoms with Crippen LogP contribution in [0.25, 0.3) is 11.1 Å². The van der Waals surface area contributed by atoms with Crippen LogP contribution in [0.4, 0.5) is 17.3 Å². The minimum atomic E-state index is -6.00. The molecular weight excluding hydrogens is 445 g/mol. The van der Waals surface area contributed by atoms with E-state index in [-0.39, 0.29) is 21.7 Å². The fourth-order valence-corrected chi connectivity index (χ4v) is 3.80. The number of hydrogen-bond donors (Lipinski definition) is 0. The Hall–Kier alpha value is -1.50. The quantitative estimate of drug-likeness (QED) is 0.222. The topological polar surface area (TPSA) is 12.9 Å². The summed E-state index contributed by atoms with van der Waals surface area (Å²) < 4.78 is 57.2. The first-order valence-corrected chi connectivity index (χ1v) is 11.9. The number of hydrogen-bond acceptors (Lipinski definition) is 1. The van der Waals surface area contributed by atoms with E-state index in [1.165, 1.54) is 0 Å². The third-order valence-corrected chi connectivity index (χ3v) is 6.53. The molecule has 0 aromatic carbocycles. The summed E-state index contributed by atoms with van der Waals surface area (Å²) in [5.41, 5.74) is 3.15. The van der Waals surface area contributed by atoms with E-state index in [2.05, 4.69) is 95.2 Å². The Morgan fingerprint density at radius 3 is 1.18 bits per heavy atom. The fraction of sp³-hybridized carbons (Fsp3) is 0.615. The van der Waals surface area contributed by atoms with Crippen molar-refractivity contribution < 1.29 is 20.0 Å². The number of pyridine rings is 1. The van der Waals surface area contributed by atoms with Crippen LogP contribution in [0.15, 0.2) is 24.2 Å². The molecule has 0 radical (unpaired) electrons. The standard InChI is InChI=1S/C26H40NS.BF4/c1-23(2,3)19-13-17(14-20(27-19)24(4,5)6)18-15-21(25(7,8)9)28-22(16-18)26(10,11)12;2-1(3,4)5/h13-16H,1-12H3;/q+1;-1/i15D,16D;. The molecule has 2 rings (SSSR count). The van der Waals surface area contributed by atoms with Crippen LogP contribution in [0.2, 0.25) is 0 Å². The van der Waals surface area contributed by atoms with Crippen LogP contribution in [0, 0.1) is 0 Å². The third kappa shape index (κ3) is 9.72. The van der Waals surface area contributed by atoms with Gasteiger partial charge in [-0.15, -0.1) is 0 Å². The number of halogens is 4. The molecule has 0 fully saturated rings. The molecule has 0 aliphatic rings. The highest BCUT2D eigenvalue weighted by atomic mass is 32.1. The zero-order chi connectivity index (χ0) is 27.9. The first-order chi connectivity index (χ1) is 15.2. The van der Waals surface area contributed by atoms with Crippen molar-refractivity contribution in [1.29, 1.82) is 0 Å². The highest BCUT2D eigenvalue weighted by Crippen LogP contribution is 2.39. The van der Waals surface area contributed by atoms with Crippen LogP contribution < -0.4 is 0 Å². The molecule has 1 nitrogen and oxygen atoms in total. The lowest BCUT2D eigenvalue weighted by atomic mass is 9.84. The second kappa shape index (κ2) is 9.63. The summed E-state index contributed by atoms with van der Waals surface area (Å²) in [6.07, 6.45) is 0. The van der Waals surface area contributed by atoms with Crippen LogP contribution in [-0.2, 0) is 21.7 Å². The monoisotopic (exact) mass is 487 g/mol. The van der Waals surface area contributed by atoms with E-state index in [0.29, 0.717) is 12.1 Å². The lowest BCUT2D eigenvalue weighted by Gasteiger charge is -2.25. The van der Waals surface area contributed by atoms with Gasteiger partial charge in [-0.3, -0.25) is 4.98 Å². The van der Waals surface area contributed by atoms with Crippen LogP contribution in [0.5, 0.6) is 0 Å². The molecule has 2 heterocycles. The molecule has 2 aromatic heterocycles. The second-order valence-electron chi connectivity index (χ2n) is 12.5. The molecule has 33 heavy (non-hydrogen) atoms. The summed E-state index contributed by atoms with van der Waals surface area (Å²) in [6, 6.07) is 5.17. The Balaban J connectivity index is 0.00000111. The van der Waals surface area contributed by atoms with E-state index in [9.17, 15) is 17.3 Å². The largest absolute Gasteiger partial charge is 0.673 e. The van der Waals surface area contributed by atoms with E-state index in [0.717, 1.165) is 32.3 Å². The van der Waals surface area contributed by atoms with Gasteiger partial charge in [-0.25, -0.2) is 0 Å². The Kier molecular flexibility index (Phi) is 7.62. The highest BCUT2D eigenvalue weighted by molar-refractivity contribution is 7.12. The van der Waals surface area contributed by atoms with Crippen molar-refractivity contribution in [3.8, 4) is 11.1 Å². The minimum Gasteiger partial charge on any atom is -0.418 e. The fourth-order valence-electron chi connectivity index (χ4n) is 2.68. The van der Waals surface area contributed by atoms with Gasteiger partial charge in [-0.2, -0.15) is 0 Å². The molecule has 0 saturated heterocycles. The van der Waals surface area contributed by atoms with E-state index >= 15 is 0 Å². The Bertz CT molecular complexity index is 981. The van der Waals surface area contributed by atoms with Gasteiger partial charge >= 0.3 is 7.25 Å². The molecule has 0 N–H and O–H groups in total. The van der Waals surface area contributed by atoms with Gasteiger partial charge in [-0.05, 0) is 23.3 Å². The molecule has 0 aliphatic heterocycles. The lowest BCUT2D eigenvalue weighted by Crippen LogP contribution is -2.20. The molecule has 7 heteroatoms. The zero-order valence-corrected chi connectivity index (χ0v) is 22.9. The lowest BCUT2D eigenvalue weighted by molar-refractivity contribution is 0.368. The van der Waals surface area contributed by atoms with Crippen molar-refractivity contribution in [2.75, 3.05) is 0 Å². The summed E-state index contributed by atoms with van der Waals surface area (Å²) in [6.45, 7) is 26.0. The second-order valence-corrected chi connectivity index (χ2v) is 13.5. The van der Waals surface area contributed by atoms with Crippen molar-refractivity contribution >= 4 is 18.6 Å². The van der Waals surface area contributed by atoms with Gasteiger partial charge in [-0.1, -0.05) is 83.1 Å². The molecule has 2 aromatic rings. The maximum absolute atomic E-state index is 9.75. The molecule has 0 unspecified atom stereocenters. The van der Waals surface area contributed by atoms with E-state index in [4.69, 9.17) is 7.73 Å². The molecule has 0 amide bonds. The van der Waals surface area contributed by atoms with Crippen molar-refractivity contribution in [2.24, 2.45) is 0 Å². The Labute approximate surface area is 205 Å². The first kappa shape index (κ1) is 26.1. The highest BCUT2D eigenvalue weighted by Gasteiger charge is 2.32. The average molecular weight is 487 g/mol. The molecule has 0 bridgehead atoms. The third-order valence-electron chi connectivity index (χ3n) is 4.69. The van der Waals surface area contributed by atoms with Crippen molar-refractivity contribution in [1.82, 2.24) is 4.98 Å². The van der Waals surface area contributed by atoms with Gasteiger partial charge in [0.25, 0.3) is 0 Å². The summed E-state index contributed by atoms with van der Waals surface area (Å²) in [5.74, 6) is 0. The predicted molar refractivity (Wildman–Crippen MR) is 137 cm³/mol. The minimum absolute atomic E-state index is 0.114. The number of nitrogens with zero attached hydrogens (tertiary/aromatic N) is 1. The Morgan fingerprint density at radius 1 is 0.636 bits per heavy atom. The van der Waals surface area contributed by atoms with Crippen LogP contribution in [0.1, 0.15) is 107 Å². The van der Waals surface area contributed by atoms with Crippen molar-refractivity contribution in [2.45, 2.75) is 105 Å². The smallest absolute Gasteiger partial charge is 0.418 e. The van der Waals surface area contributed by atoms with Gasteiger partial charge in [0.05, 0.1) is 2.74 Å². The number of aromatic nitrogens is 1. The summed E-state index contributed by atoms with van der Waals surface area (Å²) in [5, 5.41) is 0. The van der Waals surface area contributed by atoms with Crippen LogP contribution in [-0.4, -0.2) is 12.2 Å². The average Bonchev–Trinajstić information content (AvgIpc) is 2.56. The SMILES string of the molecule is F[B-](F)(F)F.[2H]c1c(C(C)(C)C)[s+]c(C(C)(C)C)c([2H])c1-c1cc(C(C)(C)C)nc(C(C)(C)C)c1. The summed E-state index contributed by atoms with van der Waals surface area (Å²) in [7, 11) is -6.00. The predicted octanol–water partition coefficient (Wildman–Crippen LogP) is 9.58. The van der Waals surface area contributed by atoms with Crippen molar-refractivity contribution in [3.63, 3.8) is 0 Å². The maximum atomic E-state index is 9.75.